The van der Waals surface area contributed by atoms with Crippen LogP contribution in [-0.2, 0) is 0 Å². The van der Waals surface area contributed by atoms with Crippen molar-refractivity contribution in [1.29, 1.82) is 0 Å². The van der Waals surface area contributed by atoms with Gasteiger partial charge in [-0.05, 0) is 35.4 Å². The van der Waals surface area contributed by atoms with E-state index in [1.807, 2.05) is 90.2 Å². The molecule has 7 aromatic carbocycles. The molecule has 5 nitrogen and oxygen atoms in total. The summed E-state index contributed by atoms with van der Waals surface area (Å²) in [6.45, 7) is 0. The largest absolute Gasteiger partial charge is 0.228 e. The molecule has 0 aliphatic rings. The van der Waals surface area contributed by atoms with Crippen molar-refractivity contribution in [3.63, 3.8) is 0 Å². The van der Waals surface area contributed by atoms with Crippen molar-refractivity contribution in [2.24, 2.45) is 0 Å². The zero-order valence-corrected chi connectivity index (χ0v) is 30.4. The Morgan fingerprint density at radius 1 is 0.291 bits per heavy atom. The van der Waals surface area contributed by atoms with E-state index in [0.717, 1.165) is 55.9 Å². The van der Waals surface area contributed by atoms with Gasteiger partial charge in [0.25, 0.3) is 0 Å². The predicted molar refractivity (Wildman–Crippen MR) is 226 cm³/mol. The SMILES string of the molecule is c1ccc(-c2nc(-c3cccc(-c4cccc(-c5nc(-c6ccccc6)nc(-c6ccccc6)n5)c4)c3)cc(-c3cccc4c3sc3ccccc34)n2)cc1. The van der Waals surface area contributed by atoms with Gasteiger partial charge in [0, 0.05) is 53.6 Å². The molecule has 0 fully saturated rings. The number of hydrogen-bond acceptors (Lipinski definition) is 6. The van der Waals surface area contributed by atoms with Gasteiger partial charge >= 0.3 is 0 Å². The van der Waals surface area contributed by atoms with Crippen LogP contribution in [0.1, 0.15) is 0 Å². The Kier molecular flexibility index (Phi) is 8.28. The summed E-state index contributed by atoms with van der Waals surface area (Å²) in [5, 5.41) is 2.51. The molecule has 55 heavy (non-hydrogen) atoms. The maximum Gasteiger partial charge on any atom is 0.164 e. The first kappa shape index (κ1) is 32.5. The highest BCUT2D eigenvalue weighted by atomic mass is 32.1. The topological polar surface area (TPSA) is 64.5 Å². The van der Waals surface area contributed by atoms with E-state index in [4.69, 9.17) is 24.9 Å². The van der Waals surface area contributed by atoms with E-state index in [-0.39, 0.29) is 0 Å². The minimum atomic E-state index is 0.620. The highest BCUT2D eigenvalue weighted by Gasteiger charge is 2.17. The number of aromatic nitrogens is 5. The lowest BCUT2D eigenvalue weighted by Crippen LogP contribution is -2.00. The standard InChI is InChI=1S/C49H31N5S/c1-4-15-32(16-5-1)46-50-42(31-43(51-46)41-27-14-26-40-39-25-10-11-28-44(39)55-45(40)41)37-23-12-21-35(29-37)36-22-13-24-38(30-36)49-53-47(33-17-6-2-7-18-33)52-48(54-49)34-19-8-3-9-20-34/h1-31H. The molecule has 0 aliphatic carbocycles. The van der Waals surface area contributed by atoms with E-state index in [0.29, 0.717) is 23.3 Å². The fourth-order valence-corrected chi connectivity index (χ4v) is 8.26. The Bertz CT molecular complexity index is 2920. The molecule has 10 aromatic rings. The van der Waals surface area contributed by atoms with Crippen LogP contribution >= 0.6 is 11.3 Å². The van der Waals surface area contributed by atoms with E-state index in [1.54, 1.807) is 0 Å². The van der Waals surface area contributed by atoms with Gasteiger partial charge in [0.2, 0.25) is 0 Å². The Morgan fingerprint density at radius 2 is 0.727 bits per heavy atom. The normalized spacial score (nSPS) is 11.3. The lowest BCUT2D eigenvalue weighted by atomic mass is 9.98. The Hall–Kier alpha value is -7.15. The highest BCUT2D eigenvalue weighted by Crippen LogP contribution is 2.40. The molecule has 0 aliphatic heterocycles. The van der Waals surface area contributed by atoms with Crippen LogP contribution in [0.25, 0.3) is 99.4 Å². The van der Waals surface area contributed by atoms with Crippen molar-refractivity contribution in [2.45, 2.75) is 0 Å². The van der Waals surface area contributed by atoms with Gasteiger partial charge in [0.05, 0.1) is 11.4 Å². The lowest BCUT2D eigenvalue weighted by molar-refractivity contribution is 1.07. The smallest absolute Gasteiger partial charge is 0.164 e. The van der Waals surface area contributed by atoms with Crippen LogP contribution in [0.4, 0.5) is 0 Å². The highest BCUT2D eigenvalue weighted by molar-refractivity contribution is 7.26. The summed E-state index contributed by atoms with van der Waals surface area (Å²) in [6, 6.07) is 64.5. The summed E-state index contributed by atoms with van der Waals surface area (Å²) in [4.78, 5) is 25.2. The van der Waals surface area contributed by atoms with E-state index in [1.165, 1.54) is 20.2 Å². The average molecular weight is 722 g/mol. The molecule has 0 saturated heterocycles. The second-order valence-electron chi connectivity index (χ2n) is 13.3. The molecule has 0 bridgehead atoms. The van der Waals surface area contributed by atoms with Crippen LogP contribution in [0, 0.1) is 0 Å². The van der Waals surface area contributed by atoms with Crippen LogP contribution in [-0.4, -0.2) is 24.9 Å². The number of benzene rings is 7. The van der Waals surface area contributed by atoms with Gasteiger partial charge in [-0.15, -0.1) is 11.3 Å². The van der Waals surface area contributed by atoms with Crippen LogP contribution in [0.5, 0.6) is 0 Å². The number of nitrogens with zero attached hydrogens (tertiary/aromatic N) is 5. The van der Waals surface area contributed by atoms with Crippen molar-refractivity contribution < 1.29 is 0 Å². The number of thiophene rings is 1. The Balaban J connectivity index is 1.08. The minimum absolute atomic E-state index is 0.620. The molecular formula is C49H31N5S. The van der Waals surface area contributed by atoms with Gasteiger partial charge in [0.15, 0.2) is 23.3 Å². The van der Waals surface area contributed by atoms with E-state index >= 15 is 0 Å². The molecule has 6 heteroatoms. The van der Waals surface area contributed by atoms with Gasteiger partial charge in [-0.3, -0.25) is 0 Å². The molecule has 0 unspecified atom stereocenters. The predicted octanol–water partition coefficient (Wildman–Crippen LogP) is 12.7. The molecule has 0 radical (unpaired) electrons. The number of fused-ring (bicyclic) bond motifs is 3. The quantitative estimate of drug-likeness (QED) is 0.164. The van der Waals surface area contributed by atoms with Crippen molar-refractivity contribution in [2.75, 3.05) is 0 Å². The van der Waals surface area contributed by atoms with Crippen molar-refractivity contribution in [3.05, 3.63) is 188 Å². The first-order valence-corrected chi connectivity index (χ1v) is 19.0. The van der Waals surface area contributed by atoms with Crippen LogP contribution in [0.2, 0.25) is 0 Å². The first-order valence-electron chi connectivity index (χ1n) is 18.2. The zero-order chi connectivity index (χ0) is 36.6. The summed E-state index contributed by atoms with van der Waals surface area (Å²) in [5.74, 6) is 2.58. The van der Waals surface area contributed by atoms with Crippen molar-refractivity contribution >= 4 is 31.5 Å². The van der Waals surface area contributed by atoms with Crippen LogP contribution in [0.15, 0.2) is 188 Å². The maximum atomic E-state index is 5.18. The average Bonchev–Trinajstić information content (AvgIpc) is 3.66. The molecule has 0 amide bonds. The molecule has 10 rings (SSSR count). The molecule has 0 spiro atoms. The summed E-state index contributed by atoms with van der Waals surface area (Å²) < 4.78 is 2.49. The summed E-state index contributed by atoms with van der Waals surface area (Å²) in [5.41, 5.74) is 9.74. The first-order chi connectivity index (χ1) is 27.2. The van der Waals surface area contributed by atoms with Crippen molar-refractivity contribution in [1.82, 2.24) is 24.9 Å². The molecule has 0 atom stereocenters. The van der Waals surface area contributed by atoms with Gasteiger partial charge in [-0.1, -0.05) is 164 Å². The summed E-state index contributed by atoms with van der Waals surface area (Å²) in [7, 11) is 0. The van der Waals surface area contributed by atoms with Gasteiger partial charge < -0.3 is 0 Å². The van der Waals surface area contributed by atoms with E-state index < -0.39 is 0 Å². The second-order valence-corrected chi connectivity index (χ2v) is 14.4. The third kappa shape index (κ3) is 6.35. The minimum Gasteiger partial charge on any atom is -0.228 e. The monoisotopic (exact) mass is 721 g/mol. The zero-order valence-electron chi connectivity index (χ0n) is 29.5. The summed E-state index contributed by atoms with van der Waals surface area (Å²) >= 11 is 1.81. The molecular weight excluding hydrogens is 691 g/mol. The van der Waals surface area contributed by atoms with E-state index in [2.05, 4.69) is 109 Å². The lowest BCUT2D eigenvalue weighted by Gasteiger charge is -2.12. The Morgan fingerprint density at radius 3 is 1.36 bits per heavy atom. The Labute approximate surface area is 322 Å². The fraction of sp³-hybridized carbons (Fsp3) is 0. The molecule has 3 heterocycles. The van der Waals surface area contributed by atoms with Gasteiger partial charge in [-0.2, -0.15) is 0 Å². The summed E-state index contributed by atoms with van der Waals surface area (Å²) in [6.07, 6.45) is 0. The third-order valence-electron chi connectivity index (χ3n) is 9.75. The molecule has 3 aromatic heterocycles. The molecule has 0 N–H and O–H groups in total. The van der Waals surface area contributed by atoms with E-state index in [9.17, 15) is 0 Å². The van der Waals surface area contributed by atoms with Crippen molar-refractivity contribution in [3.8, 4) is 79.2 Å². The number of rotatable bonds is 7. The third-order valence-corrected chi connectivity index (χ3v) is 11.0. The molecule has 258 valence electrons. The maximum absolute atomic E-state index is 5.18. The second kappa shape index (κ2) is 14.0. The number of hydrogen-bond donors (Lipinski definition) is 0. The fourth-order valence-electron chi connectivity index (χ4n) is 7.03. The molecule has 0 saturated carbocycles. The van der Waals surface area contributed by atoms with Crippen LogP contribution < -0.4 is 0 Å². The van der Waals surface area contributed by atoms with Gasteiger partial charge in [0.1, 0.15) is 0 Å². The van der Waals surface area contributed by atoms with Crippen LogP contribution in [0.3, 0.4) is 0 Å². The van der Waals surface area contributed by atoms with Gasteiger partial charge in [-0.25, -0.2) is 24.9 Å².